The Morgan fingerprint density at radius 1 is 1.10 bits per heavy atom. The Balaban J connectivity index is 1.82. The van der Waals surface area contributed by atoms with Crippen molar-refractivity contribution in [1.82, 2.24) is 0 Å². The molecule has 0 amide bonds. The summed E-state index contributed by atoms with van der Waals surface area (Å²) in [5.74, 6) is 0.367. The Kier molecular flexibility index (Phi) is 7.68. The maximum Gasteiger partial charge on any atom is 0.335 e. The minimum absolute atomic E-state index is 0.251. The van der Waals surface area contributed by atoms with Crippen LogP contribution < -0.4 is 9.47 Å². The molecule has 0 fully saturated rings. The first-order chi connectivity index (χ1) is 14.9. The summed E-state index contributed by atoms with van der Waals surface area (Å²) >= 11 is 2.23. The summed E-state index contributed by atoms with van der Waals surface area (Å²) in [7, 11) is 0. The third-order valence-corrected chi connectivity index (χ3v) is 5.65. The minimum Gasteiger partial charge on any atom is -0.490 e. The van der Waals surface area contributed by atoms with Gasteiger partial charge in [-0.25, -0.2) is 4.79 Å². The monoisotopic (exact) mass is 529 g/mol. The van der Waals surface area contributed by atoms with Crippen LogP contribution in [0.15, 0.2) is 59.6 Å². The van der Waals surface area contributed by atoms with Crippen LogP contribution in [0.2, 0.25) is 0 Å². The Labute approximate surface area is 195 Å². The minimum atomic E-state index is -0.946. The van der Waals surface area contributed by atoms with E-state index in [-0.39, 0.29) is 5.56 Å². The number of halogens is 1. The Morgan fingerprint density at radius 2 is 1.84 bits per heavy atom. The summed E-state index contributed by atoms with van der Waals surface area (Å²) in [6.07, 6.45) is 1.83. The molecule has 160 valence electrons. The average molecular weight is 529 g/mol. The Bertz CT molecular complexity index is 1110. The summed E-state index contributed by atoms with van der Waals surface area (Å²) in [6, 6.07) is 16.6. The summed E-state index contributed by atoms with van der Waals surface area (Å²) in [4.78, 5) is 15.7. The third kappa shape index (κ3) is 5.85. The van der Waals surface area contributed by atoms with Gasteiger partial charge in [0, 0.05) is 6.21 Å². The van der Waals surface area contributed by atoms with Gasteiger partial charge >= 0.3 is 5.97 Å². The molecule has 0 radical (unpaired) electrons. The molecule has 0 atom stereocenters. The van der Waals surface area contributed by atoms with Crippen molar-refractivity contribution in [3.63, 3.8) is 0 Å². The van der Waals surface area contributed by atoms with E-state index in [0.717, 1.165) is 25.9 Å². The quantitative estimate of drug-likeness (QED) is 0.274. The molecule has 5 nitrogen and oxygen atoms in total. The number of aliphatic imine (C=N–C) groups is 1. The van der Waals surface area contributed by atoms with Crippen LogP contribution in [0.4, 0.5) is 5.69 Å². The number of carbonyl (C=O) groups is 1. The first-order valence-corrected chi connectivity index (χ1v) is 11.0. The second-order valence-electron chi connectivity index (χ2n) is 7.03. The van der Waals surface area contributed by atoms with Gasteiger partial charge in [0.25, 0.3) is 0 Å². The lowest BCUT2D eigenvalue weighted by molar-refractivity contribution is 0.0697. The van der Waals surface area contributed by atoms with Gasteiger partial charge in [0.1, 0.15) is 6.61 Å². The molecule has 31 heavy (non-hydrogen) atoms. The van der Waals surface area contributed by atoms with Crippen molar-refractivity contribution in [2.45, 2.75) is 27.4 Å². The van der Waals surface area contributed by atoms with Gasteiger partial charge in [0.15, 0.2) is 11.5 Å². The molecular formula is C25H24INO4. The third-order valence-electron chi connectivity index (χ3n) is 4.84. The van der Waals surface area contributed by atoms with Crippen LogP contribution in [0.1, 0.15) is 39.5 Å². The summed E-state index contributed by atoms with van der Waals surface area (Å²) in [5.41, 5.74) is 5.36. The van der Waals surface area contributed by atoms with Crippen LogP contribution in [0.5, 0.6) is 11.5 Å². The highest BCUT2D eigenvalue weighted by Gasteiger charge is 2.13. The lowest BCUT2D eigenvalue weighted by Gasteiger charge is -2.15. The van der Waals surface area contributed by atoms with Crippen molar-refractivity contribution in [3.8, 4) is 11.5 Å². The maximum absolute atomic E-state index is 11.0. The Morgan fingerprint density at radius 3 is 2.52 bits per heavy atom. The van der Waals surface area contributed by atoms with E-state index in [2.05, 4.69) is 47.5 Å². The molecule has 0 saturated carbocycles. The maximum atomic E-state index is 11.0. The van der Waals surface area contributed by atoms with E-state index in [0.29, 0.717) is 24.7 Å². The first kappa shape index (κ1) is 22.8. The molecule has 0 aliphatic carbocycles. The number of ether oxygens (including phenoxy) is 2. The number of aromatic carboxylic acids is 1. The van der Waals surface area contributed by atoms with E-state index in [1.165, 1.54) is 5.56 Å². The molecule has 3 rings (SSSR count). The molecule has 0 saturated heterocycles. The lowest BCUT2D eigenvalue weighted by Crippen LogP contribution is -2.03. The zero-order chi connectivity index (χ0) is 22.4. The van der Waals surface area contributed by atoms with Crippen molar-refractivity contribution in [3.05, 3.63) is 86.0 Å². The highest BCUT2D eigenvalue weighted by atomic mass is 127. The van der Waals surface area contributed by atoms with Gasteiger partial charge in [0.05, 0.1) is 21.4 Å². The molecule has 0 unspecified atom stereocenters. The van der Waals surface area contributed by atoms with Crippen LogP contribution in [-0.4, -0.2) is 23.9 Å². The fraction of sp³-hybridized carbons (Fsp3) is 0.200. The van der Waals surface area contributed by atoms with Gasteiger partial charge in [-0.05, 0) is 95.9 Å². The number of carboxylic acids is 1. The number of hydrogen-bond donors (Lipinski definition) is 1. The number of rotatable bonds is 8. The first-order valence-electron chi connectivity index (χ1n) is 9.90. The fourth-order valence-corrected chi connectivity index (χ4v) is 3.77. The normalized spacial score (nSPS) is 11.0. The van der Waals surface area contributed by atoms with Gasteiger partial charge in [-0.1, -0.05) is 24.3 Å². The van der Waals surface area contributed by atoms with Gasteiger partial charge in [-0.2, -0.15) is 0 Å². The second-order valence-corrected chi connectivity index (χ2v) is 8.19. The molecular weight excluding hydrogens is 505 g/mol. The molecule has 3 aromatic carbocycles. The fourth-order valence-electron chi connectivity index (χ4n) is 2.98. The van der Waals surface area contributed by atoms with Gasteiger partial charge in [-0.15, -0.1) is 0 Å². The molecule has 0 spiro atoms. The van der Waals surface area contributed by atoms with Crippen LogP contribution in [0.3, 0.4) is 0 Å². The number of nitrogens with zero attached hydrogens (tertiary/aromatic N) is 1. The van der Waals surface area contributed by atoms with Crippen molar-refractivity contribution in [2.24, 2.45) is 4.99 Å². The molecule has 0 aliphatic heterocycles. The van der Waals surface area contributed by atoms with Crippen LogP contribution >= 0.6 is 22.6 Å². The molecule has 3 aromatic rings. The molecule has 1 N–H and O–H groups in total. The van der Waals surface area contributed by atoms with Crippen LogP contribution in [0.25, 0.3) is 0 Å². The highest BCUT2D eigenvalue weighted by Crippen LogP contribution is 2.35. The predicted octanol–water partition coefficient (Wildman–Crippen LogP) is 6.33. The van der Waals surface area contributed by atoms with E-state index >= 15 is 0 Å². The predicted molar refractivity (Wildman–Crippen MR) is 131 cm³/mol. The zero-order valence-electron chi connectivity index (χ0n) is 17.7. The molecule has 0 aromatic heterocycles. The largest absolute Gasteiger partial charge is 0.490 e. The summed E-state index contributed by atoms with van der Waals surface area (Å²) in [5, 5.41) is 9.03. The number of aryl methyl sites for hydroxylation is 1. The molecule has 6 heteroatoms. The van der Waals surface area contributed by atoms with Gasteiger partial charge < -0.3 is 14.6 Å². The smallest absolute Gasteiger partial charge is 0.335 e. The van der Waals surface area contributed by atoms with Crippen LogP contribution in [0, 0.1) is 17.4 Å². The number of benzene rings is 3. The van der Waals surface area contributed by atoms with Crippen molar-refractivity contribution < 1.29 is 19.4 Å². The average Bonchev–Trinajstić information content (AvgIpc) is 2.74. The number of hydrogen-bond acceptors (Lipinski definition) is 4. The molecule has 0 heterocycles. The summed E-state index contributed by atoms with van der Waals surface area (Å²) in [6.45, 7) is 6.89. The van der Waals surface area contributed by atoms with E-state index in [4.69, 9.17) is 14.6 Å². The van der Waals surface area contributed by atoms with Crippen molar-refractivity contribution >= 4 is 40.5 Å². The Hall–Kier alpha value is -2.87. The SMILES string of the molecule is CCOc1cc(C=Nc2cccc(C)c2C)cc(I)c1OCc1ccc(C(=O)O)cc1. The van der Waals surface area contributed by atoms with E-state index < -0.39 is 5.97 Å². The lowest BCUT2D eigenvalue weighted by atomic mass is 10.1. The van der Waals surface area contributed by atoms with Gasteiger partial charge in [0.2, 0.25) is 0 Å². The van der Waals surface area contributed by atoms with Crippen LogP contribution in [-0.2, 0) is 6.61 Å². The topological polar surface area (TPSA) is 68.1 Å². The van der Waals surface area contributed by atoms with E-state index in [1.54, 1.807) is 24.3 Å². The zero-order valence-corrected chi connectivity index (χ0v) is 19.8. The van der Waals surface area contributed by atoms with Gasteiger partial charge in [-0.3, -0.25) is 4.99 Å². The molecule has 0 aliphatic rings. The van der Waals surface area contributed by atoms with Crippen molar-refractivity contribution in [1.29, 1.82) is 0 Å². The van der Waals surface area contributed by atoms with E-state index in [1.807, 2.05) is 37.4 Å². The molecule has 0 bridgehead atoms. The standard InChI is InChI=1S/C25H24INO4/c1-4-30-23-13-19(14-27-22-7-5-6-16(2)17(22)3)12-21(26)24(23)31-15-18-8-10-20(11-9-18)25(28)29/h5-14H,4,15H2,1-3H3,(H,28,29). The summed E-state index contributed by atoms with van der Waals surface area (Å²) < 4.78 is 12.8. The second kappa shape index (κ2) is 10.4. The number of carboxylic acid groups (broad SMARTS) is 1. The van der Waals surface area contributed by atoms with Crippen molar-refractivity contribution in [2.75, 3.05) is 6.61 Å². The van der Waals surface area contributed by atoms with E-state index in [9.17, 15) is 4.79 Å². The highest BCUT2D eigenvalue weighted by molar-refractivity contribution is 14.1.